The quantitative estimate of drug-likeness (QED) is 0.163. The van der Waals surface area contributed by atoms with Crippen molar-refractivity contribution in [2.45, 2.75) is 19.6 Å². The molecule has 1 aliphatic heterocycles. The average molecular weight is 653 g/mol. The molecule has 0 saturated heterocycles. The van der Waals surface area contributed by atoms with Gasteiger partial charge in [-0.2, -0.15) is 0 Å². The number of fused-ring (bicyclic) bond motifs is 2. The van der Waals surface area contributed by atoms with E-state index in [1.807, 2.05) is 109 Å². The summed E-state index contributed by atoms with van der Waals surface area (Å²) in [7, 11) is 1.60. The van der Waals surface area contributed by atoms with Crippen LogP contribution in [-0.2, 0) is 16.1 Å². The number of benzene rings is 5. The highest BCUT2D eigenvalue weighted by Crippen LogP contribution is 2.36. The second-order valence-electron chi connectivity index (χ2n) is 11.1. The number of carbonyl (C=O) groups excluding carboxylic acids is 1. The van der Waals surface area contributed by atoms with E-state index < -0.39 is 12.0 Å². The van der Waals surface area contributed by atoms with E-state index >= 15 is 0 Å². The van der Waals surface area contributed by atoms with Gasteiger partial charge in [0.15, 0.2) is 16.3 Å². The van der Waals surface area contributed by atoms with Crippen LogP contribution in [0, 0.1) is 0 Å². The fraction of sp³-hybridized carbons (Fsp3) is 0.125. The summed E-state index contributed by atoms with van der Waals surface area (Å²) in [6, 6.07) is 38.2. The van der Waals surface area contributed by atoms with Crippen molar-refractivity contribution < 1.29 is 19.0 Å². The first-order valence-corrected chi connectivity index (χ1v) is 16.5. The van der Waals surface area contributed by atoms with E-state index in [9.17, 15) is 9.59 Å². The van der Waals surface area contributed by atoms with Crippen LogP contribution in [0.4, 0.5) is 0 Å². The lowest BCUT2D eigenvalue weighted by Gasteiger charge is -2.25. The number of methoxy groups -OCH3 is 1. The predicted molar refractivity (Wildman–Crippen MR) is 189 cm³/mol. The van der Waals surface area contributed by atoms with E-state index in [1.165, 1.54) is 11.3 Å². The maximum absolute atomic E-state index is 14.4. The van der Waals surface area contributed by atoms with Gasteiger partial charge < -0.3 is 14.2 Å². The first-order valence-electron chi connectivity index (χ1n) is 15.7. The third-order valence-corrected chi connectivity index (χ3v) is 9.24. The Morgan fingerprint density at radius 3 is 2.35 bits per heavy atom. The van der Waals surface area contributed by atoms with Crippen LogP contribution in [0.15, 0.2) is 137 Å². The van der Waals surface area contributed by atoms with Gasteiger partial charge in [0.1, 0.15) is 6.61 Å². The fourth-order valence-electron chi connectivity index (χ4n) is 6.06. The molecule has 0 unspecified atom stereocenters. The zero-order chi connectivity index (χ0) is 33.0. The second-order valence-corrected chi connectivity index (χ2v) is 12.2. The topological polar surface area (TPSA) is 79.1 Å². The summed E-state index contributed by atoms with van der Waals surface area (Å²) in [5, 5.41) is 2.24. The van der Waals surface area contributed by atoms with E-state index in [0.29, 0.717) is 44.3 Å². The van der Waals surface area contributed by atoms with Gasteiger partial charge in [-0.1, -0.05) is 127 Å². The molecule has 48 heavy (non-hydrogen) atoms. The van der Waals surface area contributed by atoms with Crippen LogP contribution in [0.2, 0.25) is 0 Å². The Hall–Kier alpha value is -5.73. The summed E-state index contributed by atoms with van der Waals surface area (Å²) >= 11 is 1.26. The minimum Gasteiger partial charge on any atom is -0.493 e. The molecule has 0 bridgehead atoms. The zero-order valence-corrected chi connectivity index (χ0v) is 27.3. The molecule has 8 heteroatoms. The van der Waals surface area contributed by atoms with Gasteiger partial charge in [-0.05, 0) is 41.0 Å². The second kappa shape index (κ2) is 13.6. The molecule has 1 aromatic heterocycles. The Kier molecular flexibility index (Phi) is 8.72. The molecule has 2 heterocycles. The largest absolute Gasteiger partial charge is 0.493 e. The Morgan fingerprint density at radius 2 is 1.58 bits per heavy atom. The van der Waals surface area contributed by atoms with Crippen LogP contribution in [0.5, 0.6) is 11.5 Å². The van der Waals surface area contributed by atoms with E-state index in [0.717, 1.165) is 27.5 Å². The summed E-state index contributed by atoms with van der Waals surface area (Å²) in [6.07, 6.45) is 1.81. The molecule has 238 valence electrons. The normalized spacial score (nSPS) is 14.4. The number of hydrogen-bond donors (Lipinski definition) is 0. The van der Waals surface area contributed by atoms with Crippen molar-refractivity contribution >= 4 is 39.9 Å². The molecule has 7 nitrogen and oxygen atoms in total. The van der Waals surface area contributed by atoms with Crippen LogP contribution in [0.3, 0.4) is 0 Å². The van der Waals surface area contributed by atoms with Crippen molar-refractivity contribution in [3.63, 3.8) is 0 Å². The number of aromatic nitrogens is 1. The number of hydrogen-bond acceptors (Lipinski definition) is 7. The number of thiazole rings is 1. The van der Waals surface area contributed by atoms with Crippen molar-refractivity contribution in [2.24, 2.45) is 4.99 Å². The highest BCUT2D eigenvalue weighted by molar-refractivity contribution is 7.07. The molecular formula is C40H32N2O5S. The molecule has 1 aliphatic rings. The van der Waals surface area contributed by atoms with Crippen molar-refractivity contribution in [3.05, 3.63) is 169 Å². The lowest BCUT2D eigenvalue weighted by Crippen LogP contribution is -2.40. The molecular weight excluding hydrogens is 621 g/mol. The lowest BCUT2D eigenvalue weighted by atomic mass is 9.93. The van der Waals surface area contributed by atoms with Gasteiger partial charge in [0, 0.05) is 11.1 Å². The average Bonchev–Trinajstić information content (AvgIpc) is 3.44. The first-order chi connectivity index (χ1) is 23.6. The Balaban J connectivity index is 1.39. The van der Waals surface area contributed by atoms with Gasteiger partial charge in [-0.15, -0.1) is 0 Å². The van der Waals surface area contributed by atoms with E-state index in [-0.39, 0.29) is 12.2 Å². The molecule has 0 aliphatic carbocycles. The summed E-state index contributed by atoms with van der Waals surface area (Å²) < 4.78 is 19.8. The molecule has 5 aromatic carbocycles. The van der Waals surface area contributed by atoms with Crippen molar-refractivity contribution in [2.75, 3.05) is 13.7 Å². The van der Waals surface area contributed by atoms with Crippen molar-refractivity contribution in [1.29, 1.82) is 0 Å². The van der Waals surface area contributed by atoms with Crippen molar-refractivity contribution in [3.8, 4) is 11.5 Å². The van der Waals surface area contributed by atoms with Gasteiger partial charge in [0.25, 0.3) is 5.56 Å². The Morgan fingerprint density at radius 1 is 0.875 bits per heavy atom. The molecule has 0 saturated carbocycles. The van der Waals surface area contributed by atoms with Crippen molar-refractivity contribution in [1.82, 2.24) is 4.57 Å². The third kappa shape index (κ3) is 5.82. The standard InChI is InChI=1S/C40H32N2O5S/c1-3-46-39(44)34-35(27-15-6-4-7-16-27)41-40-42(36(34)28-17-8-5-9-18-28)38(43)33(48-40)24-29-20-13-23-32(45-2)37(29)47-25-30-21-12-19-26-14-10-11-22-31(26)30/h4-24,36H,3,25H2,1-2H3/b33-24-/t36-/m0/s1. The van der Waals surface area contributed by atoms with Gasteiger partial charge in [-0.3, -0.25) is 9.36 Å². The summed E-state index contributed by atoms with van der Waals surface area (Å²) in [5.74, 6) is 0.561. The monoisotopic (exact) mass is 652 g/mol. The fourth-order valence-corrected chi connectivity index (χ4v) is 7.05. The number of ether oxygens (including phenoxy) is 3. The summed E-state index contributed by atoms with van der Waals surface area (Å²) in [4.78, 5) is 33.5. The zero-order valence-electron chi connectivity index (χ0n) is 26.5. The molecule has 0 spiro atoms. The molecule has 1 atom stereocenters. The third-order valence-electron chi connectivity index (χ3n) is 8.26. The Bertz CT molecular complexity index is 2340. The molecule has 0 N–H and O–H groups in total. The van der Waals surface area contributed by atoms with Crippen LogP contribution < -0.4 is 24.4 Å². The van der Waals surface area contributed by atoms with Crippen LogP contribution in [0.25, 0.3) is 22.5 Å². The van der Waals surface area contributed by atoms with Gasteiger partial charge in [-0.25, -0.2) is 9.79 Å². The van der Waals surface area contributed by atoms with Gasteiger partial charge >= 0.3 is 5.97 Å². The first kappa shape index (κ1) is 30.9. The molecule has 6 aromatic rings. The number of para-hydroxylation sites is 1. The summed E-state index contributed by atoms with van der Waals surface area (Å²) in [6.45, 7) is 2.26. The highest BCUT2D eigenvalue weighted by Gasteiger charge is 2.35. The SMILES string of the molecule is CCOC(=O)C1=C(c2ccccc2)N=c2s/c(=C\c3cccc(OC)c3OCc3cccc4ccccc34)c(=O)n2[C@H]1c1ccccc1. The van der Waals surface area contributed by atoms with E-state index in [4.69, 9.17) is 19.2 Å². The van der Waals surface area contributed by atoms with E-state index in [2.05, 4.69) is 18.2 Å². The molecule has 7 rings (SSSR count). The van der Waals surface area contributed by atoms with Crippen LogP contribution in [0.1, 0.15) is 35.2 Å². The molecule has 0 fully saturated rings. The smallest absolute Gasteiger partial charge is 0.338 e. The maximum atomic E-state index is 14.4. The van der Waals surface area contributed by atoms with E-state index in [1.54, 1.807) is 18.6 Å². The minimum absolute atomic E-state index is 0.188. The number of nitrogens with zero attached hydrogens (tertiary/aromatic N) is 2. The van der Waals surface area contributed by atoms with Gasteiger partial charge in [0.2, 0.25) is 0 Å². The summed E-state index contributed by atoms with van der Waals surface area (Å²) in [5.41, 5.74) is 3.78. The Labute approximate surface area is 281 Å². The molecule has 0 radical (unpaired) electrons. The maximum Gasteiger partial charge on any atom is 0.338 e. The lowest BCUT2D eigenvalue weighted by molar-refractivity contribution is -0.138. The number of carbonyl (C=O) groups is 1. The molecule has 0 amide bonds. The van der Waals surface area contributed by atoms with Gasteiger partial charge in [0.05, 0.1) is 35.6 Å². The van der Waals surface area contributed by atoms with Crippen LogP contribution >= 0.6 is 11.3 Å². The number of rotatable bonds is 9. The highest BCUT2D eigenvalue weighted by atomic mass is 32.1. The predicted octanol–water partition coefficient (Wildman–Crippen LogP) is 6.68. The minimum atomic E-state index is -0.744. The number of esters is 1. The van der Waals surface area contributed by atoms with Crippen LogP contribution in [-0.4, -0.2) is 24.3 Å².